The number of hydrogen-bond acceptors (Lipinski definition) is 9. The fourth-order valence-electron chi connectivity index (χ4n) is 2.95. The Balaban J connectivity index is 0.00000112. The first-order chi connectivity index (χ1) is 17.7. The van der Waals surface area contributed by atoms with Crippen molar-refractivity contribution in [2.75, 3.05) is 19.8 Å². The zero-order valence-electron chi connectivity index (χ0n) is 20.0. The van der Waals surface area contributed by atoms with Crippen LogP contribution in [0.4, 0.5) is 0 Å². The number of aromatic nitrogens is 3. The molecule has 0 fully saturated rings. The van der Waals surface area contributed by atoms with E-state index in [-0.39, 0.29) is 25.4 Å². The molecule has 0 N–H and O–H groups in total. The Morgan fingerprint density at radius 1 is 0.649 bits per heavy atom. The summed E-state index contributed by atoms with van der Waals surface area (Å²) in [5, 5.41) is 0. The quantitative estimate of drug-likeness (QED) is 0.168. The van der Waals surface area contributed by atoms with Crippen LogP contribution in [0, 0.1) is 0 Å². The summed E-state index contributed by atoms with van der Waals surface area (Å²) in [5.74, 6) is -1.54. The van der Waals surface area contributed by atoms with Gasteiger partial charge in [-0.05, 0) is 57.2 Å². The Hall–Kier alpha value is -2.65. The standard InChI is InChI=1S/C24H23N3O6.3ClH.Ru/c1-4-31-22(28)15-7-9-25-18(11-15)20-13-17(24(30)33-6-3)14-21(27-20)19-12-16(8-10-26-19)23(29)32-5-2;;;;/h7-14H,4-6H2,1-3H3;3*1H;/q;;;;+3/p-3. The fraction of sp³-hybridized carbons (Fsp3) is 0.250. The molecule has 0 spiro atoms. The molecule has 0 aliphatic carbocycles. The molecule has 3 rings (SSSR count). The fourth-order valence-corrected chi connectivity index (χ4v) is 2.95. The SMILES string of the molecule is CCOC(=O)c1ccnc(-c2cc(C(=O)OCC)cc(-c3cc(C(=O)OCC)ccn3)n2)c1.[Cl][Ru]([Cl])[Cl]. The summed E-state index contributed by atoms with van der Waals surface area (Å²) >= 11 is -1.75. The summed E-state index contributed by atoms with van der Waals surface area (Å²) in [6.07, 6.45) is 2.92. The Morgan fingerprint density at radius 3 is 1.32 bits per heavy atom. The van der Waals surface area contributed by atoms with Gasteiger partial charge in [-0.2, -0.15) is 0 Å². The van der Waals surface area contributed by atoms with Gasteiger partial charge in [-0.3, -0.25) is 9.97 Å². The van der Waals surface area contributed by atoms with E-state index in [0.717, 1.165) is 0 Å². The summed E-state index contributed by atoms with van der Waals surface area (Å²) in [5.41, 5.74) is 2.19. The van der Waals surface area contributed by atoms with Crippen LogP contribution >= 0.6 is 29.1 Å². The van der Waals surface area contributed by atoms with Crippen molar-refractivity contribution >= 4 is 47.0 Å². The maximum absolute atomic E-state index is 12.5. The van der Waals surface area contributed by atoms with Crippen LogP contribution in [-0.4, -0.2) is 52.7 Å². The molecule has 3 aromatic heterocycles. The van der Waals surface area contributed by atoms with Crippen LogP contribution in [0.2, 0.25) is 0 Å². The van der Waals surface area contributed by atoms with Crippen molar-refractivity contribution in [2.45, 2.75) is 20.8 Å². The first kappa shape index (κ1) is 30.6. The summed E-state index contributed by atoms with van der Waals surface area (Å²) in [4.78, 5) is 49.9. The van der Waals surface area contributed by atoms with Crippen molar-refractivity contribution in [3.05, 3.63) is 65.5 Å². The number of rotatable bonds is 8. The number of esters is 3. The van der Waals surface area contributed by atoms with Gasteiger partial charge in [0.2, 0.25) is 0 Å². The van der Waals surface area contributed by atoms with E-state index >= 15 is 0 Å². The Kier molecular flexibility index (Phi) is 12.9. The van der Waals surface area contributed by atoms with Gasteiger partial charge in [0.1, 0.15) is 0 Å². The molecule has 0 radical (unpaired) electrons. The minimum absolute atomic E-state index is 0.193. The minimum atomic E-state index is -1.75. The third-order valence-corrected chi connectivity index (χ3v) is 4.40. The van der Waals surface area contributed by atoms with Crippen molar-refractivity contribution in [1.82, 2.24) is 15.0 Å². The van der Waals surface area contributed by atoms with Gasteiger partial charge in [0.05, 0.1) is 59.3 Å². The number of pyridine rings is 3. The average molecular weight is 657 g/mol. The molecule has 13 heteroatoms. The Labute approximate surface area is 231 Å². The normalized spacial score (nSPS) is 10.5. The molecule has 0 bridgehead atoms. The van der Waals surface area contributed by atoms with Gasteiger partial charge in [0.25, 0.3) is 0 Å². The van der Waals surface area contributed by atoms with Gasteiger partial charge < -0.3 is 14.2 Å². The second-order valence-corrected chi connectivity index (χ2v) is 14.7. The molecule has 3 heterocycles. The van der Waals surface area contributed by atoms with Crippen molar-refractivity contribution < 1.29 is 41.6 Å². The number of ether oxygens (including phenoxy) is 3. The molecule has 37 heavy (non-hydrogen) atoms. The first-order valence-corrected chi connectivity index (χ1v) is 17.5. The number of carbonyl (C=O) groups excluding carboxylic acids is 3. The van der Waals surface area contributed by atoms with Gasteiger partial charge >= 0.3 is 60.0 Å². The van der Waals surface area contributed by atoms with Gasteiger partial charge in [0, 0.05) is 12.4 Å². The van der Waals surface area contributed by atoms with Gasteiger partial charge in [0.15, 0.2) is 0 Å². The maximum atomic E-state index is 12.5. The zero-order chi connectivity index (χ0) is 27.4. The van der Waals surface area contributed by atoms with E-state index in [0.29, 0.717) is 33.9 Å². The molecule has 0 aliphatic heterocycles. The van der Waals surface area contributed by atoms with E-state index in [1.165, 1.54) is 48.8 Å². The zero-order valence-corrected chi connectivity index (χ0v) is 24.0. The van der Waals surface area contributed by atoms with E-state index in [9.17, 15) is 14.4 Å². The molecule has 0 unspecified atom stereocenters. The molecule has 199 valence electrons. The summed E-state index contributed by atoms with van der Waals surface area (Å²) < 4.78 is 15.2. The van der Waals surface area contributed by atoms with Crippen LogP contribution in [-0.2, 0) is 27.2 Å². The molecule has 9 nitrogen and oxygen atoms in total. The van der Waals surface area contributed by atoms with Crippen molar-refractivity contribution in [3.8, 4) is 22.8 Å². The molecular weight excluding hydrogens is 634 g/mol. The second-order valence-electron chi connectivity index (χ2n) is 6.80. The summed E-state index contributed by atoms with van der Waals surface area (Å²) in [7, 11) is 14.8. The summed E-state index contributed by atoms with van der Waals surface area (Å²) in [6, 6.07) is 9.16. The van der Waals surface area contributed by atoms with Crippen LogP contribution < -0.4 is 0 Å². The third-order valence-electron chi connectivity index (χ3n) is 4.40. The molecule has 3 aromatic rings. The number of halogens is 3. The number of nitrogens with zero attached hydrogens (tertiary/aromatic N) is 3. The average Bonchev–Trinajstić information content (AvgIpc) is 2.88. The van der Waals surface area contributed by atoms with Crippen molar-refractivity contribution in [1.29, 1.82) is 0 Å². The van der Waals surface area contributed by atoms with Crippen LogP contribution in [0.25, 0.3) is 22.8 Å². The van der Waals surface area contributed by atoms with E-state index < -0.39 is 30.9 Å². The molecule has 0 saturated heterocycles. The third kappa shape index (κ3) is 9.63. The van der Waals surface area contributed by atoms with E-state index in [4.69, 9.17) is 43.3 Å². The van der Waals surface area contributed by atoms with Crippen LogP contribution in [0.15, 0.2) is 48.8 Å². The molecule has 0 saturated carbocycles. The molecule has 0 aromatic carbocycles. The predicted octanol–water partition coefficient (Wildman–Crippen LogP) is 5.80. The van der Waals surface area contributed by atoms with Crippen molar-refractivity contribution in [2.24, 2.45) is 0 Å². The summed E-state index contributed by atoms with van der Waals surface area (Å²) in [6.45, 7) is 5.80. The van der Waals surface area contributed by atoms with Gasteiger partial charge in [-0.1, -0.05) is 0 Å². The second kappa shape index (κ2) is 15.6. The molecular formula is C24H23Cl3N3O6Ru. The Morgan fingerprint density at radius 2 is 0.973 bits per heavy atom. The molecule has 0 aliphatic rings. The van der Waals surface area contributed by atoms with E-state index in [1.807, 2.05) is 0 Å². The topological polar surface area (TPSA) is 118 Å². The van der Waals surface area contributed by atoms with E-state index in [2.05, 4.69) is 15.0 Å². The van der Waals surface area contributed by atoms with Crippen LogP contribution in [0.5, 0.6) is 0 Å². The van der Waals surface area contributed by atoms with Crippen LogP contribution in [0.1, 0.15) is 51.8 Å². The first-order valence-electron chi connectivity index (χ1n) is 10.8. The van der Waals surface area contributed by atoms with Crippen LogP contribution in [0.3, 0.4) is 0 Å². The van der Waals surface area contributed by atoms with Gasteiger partial charge in [-0.25, -0.2) is 19.4 Å². The molecule has 0 atom stereocenters. The van der Waals surface area contributed by atoms with Gasteiger partial charge in [-0.15, -0.1) is 0 Å². The number of carbonyl (C=O) groups is 3. The molecule has 0 amide bonds. The van der Waals surface area contributed by atoms with Crippen molar-refractivity contribution in [3.63, 3.8) is 0 Å². The Bertz CT molecular complexity index is 1160. The van der Waals surface area contributed by atoms with E-state index in [1.54, 1.807) is 20.8 Å². The monoisotopic (exact) mass is 656 g/mol. The number of hydrogen-bond donors (Lipinski definition) is 0. The predicted molar refractivity (Wildman–Crippen MR) is 136 cm³/mol.